The number of halogens is 4. The molecule has 38 heavy (non-hydrogen) atoms. The maximum atomic E-state index is 15.6. The summed E-state index contributed by atoms with van der Waals surface area (Å²) in [6, 6.07) is 8.55. The van der Waals surface area contributed by atoms with E-state index in [0.29, 0.717) is 63.6 Å². The Kier molecular flexibility index (Phi) is 7.56. The molecule has 0 aromatic carbocycles. The van der Waals surface area contributed by atoms with Gasteiger partial charge in [0.15, 0.2) is 6.61 Å². The molecule has 3 aromatic heterocycles. The van der Waals surface area contributed by atoms with E-state index < -0.39 is 18.5 Å². The van der Waals surface area contributed by atoms with Gasteiger partial charge in [0.2, 0.25) is 5.88 Å². The van der Waals surface area contributed by atoms with Crippen molar-refractivity contribution >= 4 is 11.4 Å². The van der Waals surface area contributed by atoms with E-state index in [0.717, 1.165) is 23.3 Å². The predicted octanol–water partition coefficient (Wildman–Crippen LogP) is 4.54. The van der Waals surface area contributed by atoms with E-state index in [1.54, 1.807) is 35.1 Å². The molecule has 0 saturated heterocycles. The molecule has 4 heterocycles. The number of carbonyl (C=O) groups is 1. The molecule has 1 amide bonds. The topological polar surface area (TPSA) is 71.8 Å². The molecule has 11 heteroatoms. The Hall–Kier alpha value is -3.21. The normalized spacial score (nSPS) is 22.6. The van der Waals surface area contributed by atoms with Crippen molar-refractivity contribution in [3.8, 4) is 5.88 Å². The number of aromatic nitrogens is 3. The molecule has 1 saturated carbocycles. The van der Waals surface area contributed by atoms with Crippen molar-refractivity contribution in [1.82, 2.24) is 24.8 Å². The number of nitrogens with zero attached hydrogens (tertiary/aromatic N) is 4. The van der Waals surface area contributed by atoms with Gasteiger partial charge in [-0.2, -0.15) is 18.3 Å². The van der Waals surface area contributed by atoms with Crippen LogP contribution < -0.4 is 10.1 Å². The third-order valence-electron chi connectivity index (χ3n) is 7.56. The summed E-state index contributed by atoms with van der Waals surface area (Å²) >= 11 is 0. The lowest BCUT2D eigenvalue weighted by molar-refractivity contribution is -0.154. The minimum Gasteiger partial charge on any atom is -0.468 e. The SMILES string of the molecule is O=C(N[C@H]1CC[C@](F)(CCN2CCc3ccc(OCC(F)(F)F)nc3CC2)CC1)c1ccn2ncccc12. The summed E-state index contributed by atoms with van der Waals surface area (Å²) in [6.45, 7) is 0.641. The number of rotatable bonds is 7. The fourth-order valence-electron chi connectivity index (χ4n) is 5.36. The minimum absolute atomic E-state index is 0.0249. The van der Waals surface area contributed by atoms with Crippen LogP contribution in [-0.2, 0) is 12.8 Å². The Labute approximate surface area is 218 Å². The molecule has 204 valence electrons. The van der Waals surface area contributed by atoms with E-state index in [4.69, 9.17) is 4.74 Å². The second kappa shape index (κ2) is 10.9. The monoisotopic (exact) mass is 533 g/mol. The summed E-state index contributed by atoms with van der Waals surface area (Å²) in [5, 5.41) is 7.24. The van der Waals surface area contributed by atoms with Gasteiger partial charge in [-0.3, -0.25) is 4.79 Å². The summed E-state index contributed by atoms with van der Waals surface area (Å²) in [5.41, 5.74) is 1.76. The average molecular weight is 534 g/mol. The molecule has 0 radical (unpaired) electrons. The van der Waals surface area contributed by atoms with Crippen LogP contribution in [0.4, 0.5) is 17.6 Å². The summed E-state index contributed by atoms with van der Waals surface area (Å²) in [4.78, 5) is 19.3. The number of hydrogen-bond acceptors (Lipinski definition) is 5. The molecule has 0 spiro atoms. The summed E-state index contributed by atoms with van der Waals surface area (Å²) < 4.78 is 59.4. The summed E-state index contributed by atoms with van der Waals surface area (Å²) in [6.07, 6.45) is 2.65. The first-order valence-electron chi connectivity index (χ1n) is 13.0. The van der Waals surface area contributed by atoms with E-state index in [1.165, 1.54) is 6.07 Å². The van der Waals surface area contributed by atoms with Crippen molar-refractivity contribution in [2.75, 3.05) is 26.2 Å². The highest BCUT2D eigenvalue weighted by molar-refractivity contribution is 6.01. The van der Waals surface area contributed by atoms with E-state index in [1.807, 2.05) is 6.07 Å². The van der Waals surface area contributed by atoms with Gasteiger partial charge < -0.3 is 15.0 Å². The first-order chi connectivity index (χ1) is 18.2. The van der Waals surface area contributed by atoms with Gasteiger partial charge in [0.25, 0.3) is 5.91 Å². The van der Waals surface area contributed by atoms with Crippen molar-refractivity contribution in [3.05, 3.63) is 59.5 Å². The van der Waals surface area contributed by atoms with Crippen LogP contribution in [0.15, 0.2) is 42.7 Å². The largest absolute Gasteiger partial charge is 0.468 e. The van der Waals surface area contributed by atoms with Crippen LogP contribution >= 0.6 is 0 Å². The van der Waals surface area contributed by atoms with E-state index in [-0.39, 0.29) is 17.8 Å². The molecule has 1 aliphatic carbocycles. The van der Waals surface area contributed by atoms with Crippen LogP contribution in [0.3, 0.4) is 0 Å². The first-order valence-corrected chi connectivity index (χ1v) is 13.0. The Bertz CT molecular complexity index is 1270. The molecule has 0 unspecified atom stereocenters. The van der Waals surface area contributed by atoms with Gasteiger partial charge in [-0.1, -0.05) is 6.07 Å². The third-order valence-corrected chi connectivity index (χ3v) is 7.56. The van der Waals surface area contributed by atoms with Gasteiger partial charge in [-0.05, 0) is 62.3 Å². The number of carbonyl (C=O) groups excluding carboxylic acids is 1. The smallest absolute Gasteiger partial charge is 0.422 e. The van der Waals surface area contributed by atoms with E-state index >= 15 is 4.39 Å². The van der Waals surface area contributed by atoms with Crippen LogP contribution in [0.25, 0.3) is 5.52 Å². The molecule has 1 fully saturated rings. The van der Waals surface area contributed by atoms with Crippen LogP contribution in [0, 0.1) is 0 Å². The zero-order valence-corrected chi connectivity index (χ0v) is 21.0. The Morgan fingerprint density at radius 2 is 1.92 bits per heavy atom. The lowest BCUT2D eigenvalue weighted by atomic mass is 9.81. The molecule has 1 aliphatic heterocycles. The molecule has 2 aliphatic rings. The Morgan fingerprint density at radius 1 is 1.13 bits per heavy atom. The van der Waals surface area contributed by atoms with Crippen LogP contribution in [0.2, 0.25) is 0 Å². The summed E-state index contributed by atoms with van der Waals surface area (Å²) in [7, 11) is 0. The van der Waals surface area contributed by atoms with Crippen LogP contribution in [0.5, 0.6) is 5.88 Å². The van der Waals surface area contributed by atoms with Crippen LogP contribution in [-0.4, -0.2) is 69.5 Å². The summed E-state index contributed by atoms with van der Waals surface area (Å²) in [5.74, 6) is -0.190. The number of pyridine rings is 1. The molecule has 7 nitrogen and oxygen atoms in total. The number of ether oxygens (including phenoxy) is 1. The maximum Gasteiger partial charge on any atom is 0.422 e. The highest BCUT2D eigenvalue weighted by Gasteiger charge is 2.36. The second-order valence-corrected chi connectivity index (χ2v) is 10.2. The van der Waals surface area contributed by atoms with Gasteiger partial charge in [0.1, 0.15) is 5.67 Å². The molecular formula is C27H31F4N5O2. The number of alkyl halides is 4. The third kappa shape index (κ3) is 6.43. The number of fused-ring (bicyclic) bond motifs is 2. The highest BCUT2D eigenvalue weighted by atomic mass is 19.4. The maximum absolute atomic E-state index is 15.6. The number of amides is 1. The van der Waals surface area contributed by atoms with Crippen molar-refractivity contribution in [2.24, 2.45) is 0 Å². The van der Waals surface area contributed by atoms with Crippen molar-refractivity contribution in [1.29, 1.82) is 0 Å². The average Bonchev–Trinajstić information content (AvgIpc) is 3.22. The zero-order valence-electron chi connectivity index (χ0n) is 21.0. The van der Waals surface area contributed by atoms with Gasteiger partial charge in [-0.15, -0.1) is 0 Å². The van der Waals surface area contributed by atoms with Gasteiger partial charge >= 0.3 is 6.18 Å². The molecule has 1 N–H and O–H groups in total. The number of nitrogens with one attached hydrogen (secondary N) is 1. The molecule has 3 aromatic rings. The van der Waals surface area contributed by atoms with Crippen molar-refractivity contribution in [2.45, 2.75) is 62.8 Å². The van der Waals surface area contributed by atoms with Gasteiger partial charge in [0.05, 0.1) is 11.1 Å². The Morgan fingerprint density at radius 3 is 2.71 bits per heavy atom. The van der Waals surface area contributed by atoms with Crippen LogP contribution in [0.1, 0.15) is 53.7 Å². The quantitative estimate of drug-likeness (QED) is 0.452. The molecular weight excluding hydrogens is 502 g/mol. The minimum atomic E-state index is -4.41. The first kappa shape index (κ1) is 26.4. The molecule has 0 atom stereocenters. The predicted molar refractivity (Wildman–Crippen MR) is 133 cm³/mol. The Balaban J connectivity index is 1.08. The van der Waals surface area contributed by atoms with Crippen molar-refractivity contribution in [3.63, 3.8) is 0 Å². The molecule has 5 rings (SSSR count). The highest BCUT2D eigenvalue weighted by Crippen LogP contribution is 2.35. The van der Waals surface area contributed by atoms with Gasteiger partial charge in [-0.25, -0.2) is 13.9 Å². The number of hydrogen-bond donors (Lipinski definition) is 1. The van der Waals surface area contributed by atoms with E-state index in [2.05, 4.69) is 20.3 Å². The van der Waals surface area contributed by atoms with Gasteiger partial charge in [0, 0.05) is 56.3 Å². The lowest BCUT2D eigenvalue weighted by Crippen LogP contribution is -2.43. The molecule has 0 bridgehead atoms. The fourth-order valence-corrected chi connectivity index (χ4v) is 5.36. The zero-order chi connectivity index (χ0) is 26.8. The lowest BCUT2D eigenvalue weighted by Gasteiger charge is -2.35. The standard InChI is InChI=1S/C27H31F4N5O2/c28-26(10-5-20(6-11-26)33-25(37)21-8-16-36-23(21)2-1-13-32-36)12-17-35-14-7-19-3-4-24(34-22(19)9-15-35)38-18-27(29,30)31/h1-4,8,13,16,20H,5-7,9-12,14-15,17-18H2,(H,33,37)/t20-,26+. The van der Waals surface area contributed by atoms with Crippen molar-refractivity contribution < 1.29 is 27.1 Å². The second-order valence-electron chi connectivity index (χ2n) is 10.2. The van der Waals surface area contributed by atoms with E-state index in [9.17, 15) is 18.0 Å². The fraction of sp³-hybridized carbons (Fsp3) is 0.519.